The number of para-hydroxylation sites is 1. The van der Waals surface area contributed by atoms with E-state index in [1.807, 2.05) is 48.7 Å². The highest BCUT2D eigenvalue weighted by molar-refractivity contribution is 5.70. The van der Waals surface area contributed by atoms with Crippen LogP contribution in [0, 0.1) is 13.8 Å². The summed E-state index contributed by atoms with van der Waals surface area (Å²) in [6.07, 6.45) is -0.0123. The number of aromatic nitrogens is 2. The second-order valence-corrected chi connectivity index (χ2v) is 3.93. The monoisotopic (exact) mass is 230 g/mol. The van der Waals surface area contributed by atoms with E-state index in [9.17, 15) is 4.79 Å². The van der Waals surface area contributed by atoms with Crippen molar-refractivity contribution < 1.29 is 9.90 Å². The van der Waals surface area contributed by atoms with E-state index in [1.54, 1.807) is 0 Å². The molecule has 0 aliphatic heterocycles. The fourth-order valence-corrected chi connectivity index (χ4v) is 1.98. The van der Waals surface area contributed by atoms with Crippen molar-refractivity contribution in [1.29, 1.82) is 0 Å². The van der Waals surface area contributed by atoms with Crippen LogP contribution in [0.5, 0.6) is 0 Å². The van der Waals surface area contributed by atoms with Gasteiger partial charge in [-0.3, -0.25) is 4.79 Å². The molecule has 0 unspecified atom stereocenters. The fourth-order valence-electron chi connectivity index (χ4n) is 1.98. The van der Waals surface area contributed by atoms with Crippen LogP contribution in [0.3, 0.4) is 0 Å². The number of imidazole rings is 1. The number of aliphatic carboxylic acids is 1. The van der Waals surface area contributed by atoms with Gasteiger partial charge in [-0.25, -0.2) is 4.98 Å². The highest BCUT2D eigenvalue weighted by Gasteiger charge is 2.15. The summed E-state index contributed by atoms with van der Waals surface area (Å²) < 4.78 is 1.89. The molecule has 0 atom stereocenters. The van der Waals surface area contributed by atoms with Crippen molar-refractivity contribution in [2.75, 3.05) is 0 Å². The second kappa shape index (κ2) is 4.41. The molecule has 0 fully saturated rings. The van der Waals surface area contributed by atoms with Crippen molar-refractivity contribution in [3.63, 3.8) is 0 Å². The minimum Gasteiger partial charge on any atom is -0.481 e. The summed E-state index contributed by atoms with van der Waals surface area (Å²) >= 11 is 0. The maximum atomic E-state index is 10.9. The van der Waals surface area contributed by atoms with Crippen molar-refractivity contribution in [3.05, 3.63) is 47.5 Å². The highest BCUT2D eigenvalue weighted by atomic mass is 16.4. The minimum absolute atomic E-state index is 0.0123. The average Bonchev–Trinajstić information content (AvgIpc) is 2.54. The molecule has 1 aromatic heterocycles. The number of benzene rings is 1. The number of aryl methyl sites for hydroxylation is 2. The van der Waals surface area contributed by atoms with Crippen LogP contribution in [-0.2, 0) is 11.2 Å². The molecule has 17 heavy (non-hydrogen) atoms. The van der Waals surface area contributed by atoms with E-state index >= 15 is 0 Å². The van der Waals surface area contributed by atoms with Crippen molar-refractivity contribution in [2.24, 2.45) is 0 Å². The lowest BCUT2D eigenvalue weighted by atomic mass is 10.2. The molecule has 4 heteroatoms. The maximum absolute atomic E-state index is 10.9. The molecular formula is C13H14N2O2. The zero-order chi connectivity index (χ0) is 12.4. The van der Waals surface area contributed by atoms with E-state index in [-0.39, 0.29) is 6.42 Å². The Labute approximate surface area is 99.5 Å². The maximum Gasteiger partial charge on any atom is 0.309 e. The van der Waals surface area contributed by atoms with E-state index in [4.69, 9.17) is 5.11 Å². The van der Waals surface area contributed by atoms with Crippen molar-refractivity contribution in [1.82, 2.24) is 9.55 Å². The Bertz CT molecular complexity index is 544. The van der Waals surface area contributed by atoms with Gasteiger partial charge >= 0.3 is 5.97 Å². The Morgan fingerprint density at radius 1 is 1.29 bits per heavy atom. The molecule has 0 saturated heterocycles. The molecule has 0 saturated carbocycles. The Morgan fingerprint density at radius 2 is 1.94 bits per heavy atom. The standard InChI is InChI=1S/C13H14N2O2/c1-9-12(8-13(16)17)15(10(2)14-9)11-6-4-3-5-7-11/h3-7H,8H2,1-2H3,(H,16,17). The van der Waals surface area contributed by atoms with Gasteiger partial charge in [-0.05, 0) is 26.0 Å². The summed E-state index contributed by atoms with van der Waals surface area (Å²) in [5.74, 6) is -0.0323. The SMILES string of the molecule is Cc1nc(C)n(-c2ccccc2)c1CC(=O)O. The van der Waals surface area contributed by atoms with Crippen LogP contribution in [-0.4, -0.2) is 20.6 Å². The van der Waals surface area contributed by atoms with Gasteiger partial charge in [0.2, 0.25) is 0 Å². The fraction of sp³-hybridized carbons (Fsp3) is 0.231. The zero-order valence-electron chi connectivity index (χ0n) is 9.84. The number of hydrogen-bond acceptors (Lipinski definition) is 2. The molecule has 4 nitrogen and oxygen atoms in total. The first-order valence-corrected chi connectivity index (χ1v) is 5.41. The molecule has 2 rings (SSSR count). The van der Waals surface area contributed by atoms with Gasteiger partial charge in [0.15, 0.2) is 0 Å². The van der Waals surface area contributed by atoms with E-state index < -0.39 is 5.97 Å². The van der Waals surface area contributed by atoms with Gasteiger partial charge in [-0.1, -0.05) is 18.2 Å². The Kier molecular flexibility index (Phi) is 2.95. The summed E-state index contributed by atoms with van der Waals surface area (Å²) in [6, 6.07) is 9.67. The van der Waals surface area contributed by atoms with Crippen LogP contribution in [0.15, 0.2) is 30.3 Å². The van der Waals surface area contributed by atoms with Gasteiger partial charge in [0.1, 0.15) is 5.82 Å². The molecule has 0 radical (unpaired) electrons. The molecule has 0 spiro atoms. The molecule has 0 amide bonds. The summed E-state index contributed by atoms with van der Waals surface area (Å²) in [5, 5.41) is 8.93. The van der Waals surface area contributed by atoms with Crippen molar-refractivity contribution >= 4 is 5.97 Å². The van der Waals surface area contributed by atoms with E-state index in [1.165, 1.54) is 0 Å². The number of carboxylic acids is 1. The summed E-state index contributed by atoms with van der Waals surface area (Å²) in [6.45, 7) is 3.72. The third-order valence-corrected chi connectivity index (χ3v) is 2.67. The quantitative estimate of drug-likeness (QED) is 0.878. The molecule has 88 valence electrons. The predicted molar refractivity (Wildman–Crippen MR) is 64.4 cm³/mol. The zero-order valence-corrected chi connectivity index (χ0v) is 9.84. The van der Waals surface area contributed by atoms with Crippen molar-refractivity contribution in [2.45, 2.75) is 20.3 Å². The van der Waals surface area contributed by atoms with Crippen LogP contribution in [0.2, 0.25) is 0 Å². The normalized spacial score (nSPS) is 10.5. The summed E-state index contributed by atoms with van der Waals surface area (Å²) in [4.78, 5) is 15.2. The van der Waals surface area contributed by atoms with Gasteiger partial charge < -0.3 is 9.67 Å². The van der Waals surface area contributed by atoms with Crippen LogP contribution in [0.4, 0.5) is 0 Å². The van der Waals surface area contributed by atoms with Gasteiger partial charge in [-0.2, -0.15) is 0 Å². The first-order valence-electron chi connectivity index (χ1n) is 5.41. The van der Waals surface area contributed by atoms with E-state index in [2.05, 4.69) is 4.98 Å². The number of hydrogen-bond donors (Lipinski definition) is 1. The number of carboxylic acid groups (broad SMARTS) is 1. The Hall–Kier alpha value is -2.10. The van der Waals surface area contributed by atoms with Gasteiger partial charge in [0.25, 0.3) is 0 Å². The van der Waals surface area contributed by atoms with Gasteiger partial charge in [0, 0.05) is 5.69 Å². The lowest BCUT2D eigenvalue weighted by molar-refractivity contribution is -0.136. The molecule has 0 aliphatic rings. The van der Waals surface area contributed by atoms with E-state index in [0.717, 1.165) is 22.9 Å². The lowest BCUT2D eigenvalue weighted by Crippen LogP contribution is -2.08. The first kappa shape index (κ1) is 11.4. The lowest BCUT2D eigenvalue weighted by Gasteiger charge is -2.09. The predicted octanol–water partition coefficient (Wildman–Crippen LogP) is 2.12. The van der Waals surface area contributed by atoms with Gasteiger partial charge in [0.05, 0.1) is 17.8 Å². The van der Waals surface area contributed by atoms with E-state index in [0.29, 0.717) is 0 Å². The van der Waals surface area contributed by atoms with Crippen LogP contribution in [0.25, 0.3) is 5.69 Å². The third-order valence-electron chi connectivity index (χ3n) is 2.67. The van der Waals surface area contributed by atoms with Crippen LogP contribution < -0.4 is 0 Å². The minimum atomic E-state index is -0.842. The largest absolute Gasteiger partial charge is 0.481 e. The third kappa shape index (κ3) is 2.20. The first-order chi connectivity index (χ1) is 8.09. The second-order valence-electron chi connectivity index (χ2n) is 3.93. The summed E-state index contributed by atoms with van der Waals surface area (Å²) in [5.41, 5.74) is 2.46. The molecule has 1 heterocycles. The number of carbonyl (C=O) groups is 1. The van der Waals surface area contributed by atoms with Gasteiger partial charge in [-0.15, -0.1) is 0 Å². The molecule has 2 aromatic rings. The Morgan fingerprint density at radius 3 is 2.53 bits per heavy atom. The van der Waals surface area contributed by atoms with Crippen LogP contribution >= 0.6 is 0 Å². The molecule has 0 aliphatic carbocycles. The van der Waals surface area contributed by atoms with Crippen molar-refractivity contribution in [3.8, 4) is 5.69 Å². The topological polar surface area (TPSA) is 55.1 Å². The summed E-state index contributed by atoms with van der Waals surface area (Å²) in [7, 11) is 0. The molecule has 1 aromatic carbocycles. The van der Waals surface area contributed by atoms with Crippen LogP contribution in [0.1, 0.15) is 17.2 Å². The number of rotatable bonds is 3. The highest BCUT2D eigenvalue weighted by Crippen LogP contribution is 2.18. The smallest absolute Gasteiger partial charge is 0.309 e. The average molecular weight is 230 g/mol. The molecule has 0 bridgehead atoms. The molecular weight excluding hydrogens is 216 g/mol. The Balaban J connectivity index is 2.56. The molecule has 1 N–H and O–H groups in total. The number of nitrogens with zero attached hydrogens (tertiary/aromatic N) is 2.